The average molecular weight is 308 g/mol. The van der Waals surface area contributed by atoms with Crippen LogP contribution in [0.15, 0.2) is 54.6 Å². The van der Waals surface area contributed by atoms with E-state index in [9.17, 15) is 9.59 Å². The highest BCUT2D eigenvalue weighted by atomic mass is 16.2. The number of carbonyl (C=O) groups excluding carboxylic acids is 2. The standard InChI is InChI=1S/C17H16N4O2/c18-10-13-6-8-15(9-7-13)19-12-16(22)21-17(23)20-11-14-4-2-1-3-5-14/h1-9,19H,11-12H2,(H2,20,21,22,23). The maximum atomic E-state index is 11.7. The summed E-state index contributed by atoms with van der Waals surface area (Å²) >= 11 is 0. The number of nitrogens with one attached hydrogen (secondary N) is 3. The van der Waals surface area contributed by atoms with Gasteiger partial charge in [-0.15, -0.1) is 0 Å². The monoisotopic (exact) mass is 308 g/mol. The normalized spacial score (nSPS) is 9.52. The Hall–Kier alpha value is -3.33. The Morgan fingerprint density at radius 1 is 1.00 bits per heavy atom. The van der Waals surface area contributed by atoms with Crippen molar-refractivity contribution in [1.82, 2.24) is 10.6 Å². The van der Waals surface area contributed by atoms with Gasteiger partial charge in [0.15, 0.2) is 0 Å². The molecule has 0 aromatic heterocycles. The van der Waals surface area contributed by atoms with E-state index in [1.807, 2.05) is 36.4 Å². The third-order valence-corrected chi connectivity index (χ3v) is 3.02. The number of hydrogen-bond acceptors (Lipinski definition) is 4. The lowest BCUT2D eigenvalue weighted by Gasteiger charge is -2.08. The molecule has 0 saturated carbocycles. The molecule has 0 heterocycles. The number of rotatable bonds is 5. The van der Waals surface area contributed by atoms with E-state index in [-0.39, 0.29) is 6.54 Å². The minimum atomic E-state index is -0.541. The number of amides is 3. The molecule has 0 saturated heterocycles. The summed E-state index contributed by atoms with van der Waals surface area (Å²) in [5.41, 5.74) is 2.19. The van der Waals surface area contributed by atoms with E-state index in [1.54, 1.807) is 24.3 Å². The molecule has 2 rings (SSSR count). The molecule has 6 heteroatoms. The Labute approximate surface area is 134 Å². The summed E-state index contributed by atoms with van der Waals surface area (Å²) in [7, 11) is 0. The van der Waals surface area contributed by atoms with Crippen molar-refractivity contribution < 1.29 is 9.59 Å². The lowest BCUT2D eigenvalue weighted by molar-refractivity contribution is -0.118. The van der Waals surface area contributed by atoms with E-state index >= 15 is 0 Å². The highest BCUT2D eigenvalue weighted by Gasteiger charge is 2.07. The molecule has 0 aliphatic rings. The predicted octanol–water partition coefficient (Wildman–Crippen LogP) is 2.00. The minimum Gasteiger partial charge on any atom is -0.376 e. The quantitative estimate of drug-likeness (QED) is 0.787. The maximum Gasteiger partial charge on any atom is 0.321 e. The van der Waals surface area contributed by atoms with Crippen LogP contribution >= 0.6 is 0 Å². The molecule has 0 atom stereocenters. The zero-order chi connectivity index (χ0) is 16.5. The van der Waals surface area contributed by atoms with Gasteiger partial charge >= 0.3 is 6.03 Å². The Morgan fingerprint density at radius 2 is 1.70 bits per heavy atom. The lowest BCUT2D eigenvalue weighted by atomic mass is 10.2. The predicted molar refractivity (Wildman–Crippen MR) is 86.5 cm³/mol. The second-order valence-corrected chi connectivity index (χ2v) is 4.76. The van der Waals surface area contributed by atoms with Crippen LogP contribution in [-0.4, -0.2) is 18.5 Å². The Balaban J connectivity index is 1.71. The number of benzene rings is 2. The van der Waals surface area contributed by atoms with E-state index < -0.39 is 11.9 Å². The van der Waals surface area contributed by atoms with E-state index in [0.29, 0.717) is 17.8 Å². The highest BCUT2D eigenvalue weighted by Crippen LogP contribution is 2.07. The number of urea groups is 1. The topological polar surface area (TPSA) is 94.0 Å². The number of nitriles is 1. The van der Waals surface area contributed by atoms with Crippen LogP contribution in [0.4, 0.5) is 10.5 Å². The van der Waals surface area contributed by atoms with Gasteiger partial charge in [0.2, 0.25) is 5.91 Å². The molecule has 3 N–H and O–H groups in total. The summed E-state index contributed by atoms with van der Waals surface area (Å²) in [6, 6.07) is 17.6. The van der Waals surface area contributed by atoms with Crippen molar-refractivity contribution in [3.8, 4) is 6.07 Å². The molecule has 0 spiro atoms. The molecular weight excluding hydrogens is 292 g/mol. The number of anilines is 1. The molecule has 0 fully saturated rings. The first kappa shape index (κ1) is 16.0. The van der Waals surface area contributed by atoms with Crippen LogP contribution in [0.5, 0.6) is 0 Å². The first-order valence-corrected chi connectivity index (χ1v) is 7.03. The fraction of sp³-hybridized carbons (Fsp3) is 0.118. The minimum absolute atomic E-state index is 0.0370. The number of imide groups is 1. The Bertz CT molecular complexity index is 706. The van der Waals surface area contributed by atoms with Crippen LogP contribution in [0, 0.1) is 11.3 Å². The van der Waals surface area contributed by atoms with Crippen LogP contribution in [0.1, 0.15) is 11.1 Å². The Kier molecular flexibility index (Phi) is 5.72. The molecule has 0 unspecified atom stereocenters. The van der Waals surface area contributed by atoms with Crippen molar-refractivity contribution in [2.75, 3.05) is 11.9 Å². The van der Waals surface area contributed by atoms with Gasteiger partial charge in [0, 0.05) is 12.2 Å². The molecule has 0 bridgehead atoms. The van der Waals surface area contributed by atoms with Gasteiger partial charge in [-0.05, 0) is 29.8 Å². The molecular formula is C17H16N4O2. The molecule has 0 aliphatic heterocycles. The summed E-state index contributed by atoms with van der Waals surface area (Å²) in [4.78, 5) is 23.3. The van der Waals surface area contributed by atoms with Crippen molar-refractivity contribution in [3.63, 3.8) is 0 Å². The SMILES string of the molecule is N#Cc1ccc(NCC(=O)NC(=O)NCc2ccccc2)cc1. The third kappa shape index (κ3) is 5.52. The van der Waals surface area contributed by atoms with E-state index in [0.717, 1.165) is 5.56 Å². The average Bonchev–Trinajstić information content (AvgIpc) is 2.59. The van der Waals surface area contributed by atoms with Gasteiger partial charge in [0.25, 0.3) is 0 Å². The second-order valence-electron chi connectivity index (χ2n) is 4.76. The van der Waals surface area contributed by atoms with Gasteiger partial charge < -0.3 is 10.6 Å². The summed E-state index contributed by atoms with van der Waals surface area (Å²) in [5.74, 6) is -0.445. The van der Waals surface area contributed by atoms with Crippen LogP contribution in [0.2, 0.25) is 0 Å². The first-order chi connectivity index (χ1) is 11.2. The van der Waals surface area contributed by atoms with Crippen LogP contribution in [-0.2, 0) is 11.3 Å². The van der Waals surface area contributed by atoms with Crippen molar-refractivity contribution >= 4 is 17.6 Å². The molecule has 23 heavy (non-hydrogen) atoms. The fourth-order valence-electron chi connectivity index (χ4n) is 1.84. The molecule has 3 amide bonds. The van der Waals surface area contributed by atoms with Gasteiger partial charge in [-0.2, -0.15) is 5.26 Å². The van der Waals surface area contributed by atoms with Crippen LogP contribution in [0.3, 0.4) is 0 Å². The van der Waals surface area contributed by atoms with Gasteiger partial charge in [0.1, 0.15) is 0 Å². The van der Waals surface area contributed by atoms with Crippen molar-refractivity contribution in [3.05, 3.63) is 65.7 Å². The summed E-state index contributed by atoms with van der Waals surface area (Å²) < 4.78 is 0. The van der Waals surface area contributed by atoms with Crippen molar-refractivity contribution in [1.29, 1.82) is 5.26 Å². The Morgan fingerprint density at radius 3 is 2.35 bits per heavy atom. The highest BCUT2D eigenvalue weighted by molar-refractivity contribution is 5.96. The summed E-state index contributed by atoms with van der Waals surface area (Å²) in [6.45, 7) is 0.313. The van der Waals surface area contributed by atoms with Crippen LogP contribution in [0.25, 0.3) is 0 Å². The van der Waals surface area contributed by atoms with Gasteiger partial charge in [-0.3, -0.25) is 10.1 Å². The van der Waals surface area contributed by atoms with E-state index in [1.165, 1.54) is 0 Å². The lowest BCUT2D eigenvalue weighted by Crippen LogP contribution is -2.41. The molecule has 0 radical (unpaired) electrons. The van der Waals surface area contributed by atoms with Gasteiger partial charge in [-0.1, -0.05) is 30.3 Å². The second kappa shape index (κ2) is 8.20. The zero-order valence-electron chi connectivity index (χ0n) is 12.4. The van der Waals surface area contributed by atoms with Gasteiger partial charge in [-0.25, -0.2) is 4.79 Å². The summed E-state index contributed by atoms with van der Waals surface area (Å²) in [6.07, 6.45) is 0. The molecule has 2 aromatic rings. The third-order valence-electron chi connectivity index (χ3n) is 3.02. The maximum absolute atomic E-state index is 11.7. The van der Waals surface area contributed by atoms with Crippen molar-refractivity contribution in [2.45, 2.75) is 6.54 Å². The molecule has 0 aliphatic carbocycles. The number of nitrogens with zero attached hydrogens (tertiary/aromatic N) is 1. The van der Waals surface area contributed by atoms with Gasteiger partial charge in [0.05, 0.1) is 18.2 Å². The first-order valence-electron chi connectivity index (χ1n) is 7.03. The number of carbonyl (C=O) groups is 2. The fourth-order valence-corrected chi connectivity index (χ4v) is 1.84. The number of hydrogen-bond donors (Lipinski definition) is 3. The molecule has 2 aromatic carbocycles. The molecule has 6 nitrogen and oxygen atoms in total. The zero-order valence-corrected chi connectivity index (χ0v) is 12.4. The van der Waals surface area contributed by atoms with Crippen LogP contribution < -0.4 is 16.0 Å². The molecule has 116 valence electrons. The van der Waals surface area contributed by atoms with Crippen molar-refractivity contribution in [2.24, 2.45) is 0 Å². The van der Waals surface area contributed by atoms with E-state index in [2.05, 4.69) is 16.0 Å². The summed E-state index contributed by atoms with van der Waals surface area (Å²) in [5, 5.41) is 16.4. The largest absolute Gasteiger partial charge is 0.376 e. The smallest absolute Gasteiger partial charge is 0.321 e. The van der Waals surface area contributed by atoms with E-state index in [4.69, 9.17) is 5.26 Å².